The molecule has 0 aromatic carbocycles. The monoisotopic (exact) mass is 327 g/mol. The number of ether oxygens (including phenoxy) is 1. The maximum Gasteiger partial charge on any atom is 0.311 e. The lowest BCUT2D eigenvalue weighted by Gasteiger charge is -2.10. The smallest absolute Gasteiger partial charge is 0.311 e. The van der Waals surface area contributed by atoms with E-state index in [1.165, 1.54) is 13.2 Å². The third-order valence-corrected chi connectivity index (χ3v) is 2.88. The van der Waals surface area contributed by atoms with Gasteiger partial charge in [-0.2, -0.15) is 0 Å². The molecule has 0 aliphatic heterocycles. The normalized spacial score (nSPS) is 10.7. The number of rotatable bonds is 4. The van der Waals surface area contributed by atoms with Crippen molar-refractivity contribution in [1.82, 2.24) is 4.98 Å². The highest BCUT2D eigenvalue weighted by atomic mass is 79.9. The van der Waals surface area contributed by atoms with Gasteiger partial charge in [0.25, 0.3) is 6.43 Å². The van der Waals surface area contributed by atoms with Crippen molar-refractivity contribution in [2.75, 3.05) is 7.11 Å². The standard InChI is InChI=1S/C10H9BrClF2NO2/c1-17-8(16)3-5-2-6(12)9(10(13)14)7(4-11)15-5/h2,10H,3-4H2,1H3. The van der Waals surface area contributed by atoms with Gasteiger partial charge in [-0.05, 0) is 6.07 Å². The number of halogens is 4. The van der Waals surface area contributed by atoms with Crippen LogP contribution in [0, 0.1) is 0 Å². The van der Waals surface area contributed by atoms with E-state index in [0.717, 1.165) is 0 Å². The van der Waals surface area contributed by atoms with E-state index < -0.39 is 12.4 Å². The lowest BCUT2D eigenvalue weighted by atomic mass is 10.1. The van der Waals surface area contributed by atoms with Crippen molar-refractivity contribution in [3.8, 4) is 0 Å². The summed E-state index contributed by atoms with van der Waals surface area (Å²) in [5.74, 6) is -0.501. The number of aromatic nitrogens is 1. The topological polar surface area (TPSA) is 39.2 Å². The Morgan fingerprint density at radius 2 is 2.29 bits per heavy atom. The van der Waals surface area contributed by atoms with Crippen LogP contribution < -0.4 is 0 Å². The largest absolute Gasteiger partial charge is 0.469 e. The van der Waals surface area contributed by atoms with Crippen LogP contribution in [0.1, 0.15) is 23.4 Å². The highest BCUT2D eigenvalue weighted by Gasteiger charge is 2.19. The maximum atomic E-state index is 12.7. The summed E-state index contributed by atoms with van der Waals surface area (Å²) in [5, 5.41) is 0.0462. The highest BCUT2D eigenvalue weighted by molar-refractivity contribution is 9.08. The van der Waals surface area contributed by atoms with Gasteiger partial charge in [-0.1, -0.05) is 27.5 Å². The van der Waals surface area contributed by atoms with Crippen molar-refractivity contribution in [2.24, 2.45) is 0 Å². The first kappa shape index (κ1) is 14.3. The predicted molar refractivity (Wildman–Crippen MR) is 62.6 cm³/mol. The first-order valence-corrected chi connectivity index (χ1v) is 6.08. The van der Waals surface area contributed by atoms with E-state index in [0.29, 0.717) is 5.69 Å². The number of hydrogen-bond acceptors (Lipinski definition) is 3. The molecule has 0 N–H and O–H groups in total. The molecule has 0 bridgehead atoms. The van der Waals surface area contributed by atoms with Crippen LogP contribution in [-0.2, 0) is 21.3 Å². The van der Waals surface area contributed by atoms with Gasteiger partial charge in [0.05, 0.1) is 35.5 Å². The Kier molecular flexibility index (Phi) is 5.27. The van der Waals surface area contributed by atoms with Gasteiger partial charge < -0.3 is 4.74 Å². The summed E-state index contributed by atoms with van der Waals surface area (Å²) in [6.45, 7) is 0. The Hall–Kier alpha value is -0.750. The molecule has 3 nitrogen and oxygen atoms in total. The summed E-state index contributed by atoms with van der Waals surface area (Å²) < 4.78 is 29.9. The number of carbonyl (C=O) groups excluding carboxylic acids is 1. The van der Waals surface area contributed by atoms with E-state index in [1.54, 1.807) is 0 Å². The fourth-order valence-electron chi connectivity index (χ4n) is 1.27. The Morgan fingerprint density at radius 3 is 2.76 bits per heavy atom. The van der Waals surface area contributed by atoms with Crippen molar-refractivity contribution in [2.45, 2.75) is 18.2 Å². The molecule has 7 heteroatoms. The van der Waals surface area contributed by atoms with E-state index >= 15 is 0 Å². The van der Waals surface area contributed by atoms with Gasteiger partial charge >= 0.3 is 5.97 Å². The SMILES string of the molecule is COC(=O)Cc1cc(Cl)c(C(F)F)c(CBr)n1. The molecular formula is C10H9BrClF2NO2. The third kappa shape index (κ3) is 3.61. The molecule has 0 aliphatic rings. The van der Waals surface area contributed by atoms with Gasteiger partial charge in [-0.3, -0.25) is 9.78 Å². The summed E-state index contributed by atoms with van der Waals surface area (Å²) in [4.78, 5) is 15.0. The van der Waals surface area contributed by atoms with Crippen molar-refractivity contribution in [1.29, 1.82) is 0 Å². The molecule has 1 heterocycles. The van der Waals surface area contributed by atoms with Crippen LogP contribution in [0.4, 0.5) is 8.78 Å². The number of hydrogen-bond donors (Lipinski definition) is 0. The Labute approximate surface area is 110 Å². The molecule has 0 radical (unpaired) electrons. The summed E-state index contributed by atoms with van der Waals surface area (Å²) in [7, 11) is 1.24. The zero-order valence-corrected chi connectivity index (χ0v) is 11.2. The van der Waals surface area contributed by atoms with Crippen LogP contribution in [0.15, 0.2) is 6.07 Å². The highest BCUT2D eigenvalue weighted by Crippen LogP contribution is 2.31. The second-order valence-corrected chi connectivity index (χ2v) is 4.11. The fraction of sp³-hybridized carbons (Fsp3) is 0.400. The second-order valence-electron chi connectivity index (χ2n) is 3.14. The summed E-state index contributed by atoms with van der Waals surface area (Å²) >= 11 is 8.80. The molecule has 0 amide bonds. The minimum atomic E-state index is -2.70. The molecule has 0 unspecified atom stereocenters. The van der Waals surface area contributed by atoms with Crippen LogP contribution in [0.3, 0.4) is 0 Å². The molecule has 0 saturated heterocycles. The fourth-order valence-corrected chi connectivity index (χ4v) is 2.02. The molecule has 94 valence electrons. The molecule has 0 spiro atoms. The van der Waals surface area contributed by atoms with Crippen molar-refractivity contribution < 1.29 is 18.3 Å². The van der Waals surface area contributed by atoms with E-state index in [4.69, 9.17) is 11.6 Å². The van der Waals surface area contributed by atoms with Crippen molar-refractivity contribution in [3.63, 3.8) is 0 Å². The minimum Gasteiger partial charge on any atom is -0.469 e. The molecule has 0 saturated carbocycles. The number of nitrogens with zero attached hydrogens (tertiary/aromatic N) is 1. The van der Waals surface area contributed by atoms with Crippen LogP contribution in [0.2, 0.25) is 5.02 Å². The van der Waals surface area contributed by atoms with E-state index in [-0.39, 0.29) is 28.0 Å². The van der Waals surface area contributed by atoms with Crippen LogP contribution in [0.5, 0.6) is 0 Å². The number of methoxy groups -OCH3 is 1. The van der Waals surface area contributed by atoms with Crippen LogP contribution >= 0.6 is 27.5 Å². The number of esters is 1. The zero-order chi connectivity index (χ0) is 13.0. The van der Waals surface area contributed by atoms with Crippen molar-refractivity contribution in [3.05, 3.63) is 28.0 Å². The second kappa shape index (κ2) is 6.26. The maximum absolute atomic E-state index is 12.7. The first-order valence-electron chi connectivity index (χ1n) is 4.58. The quantitative estimate of drug-likeness (QED) is 0.629. The molecule has 0 aliphatic carbocycles. The van der Waals surface area contributed by atoms with E-state index in [9.17, 15) is 13.6 Å². The molecule has 0 fully saturated rings. The zero-order valence-electron chi connectivity index (χ0n) is 8.84. The molecule has 1 aromatic heterocycles. The van der Waals surface area contributed by atoms with E-state index in [1.807, 2.05) is 0 Å². The van der Waals surface area contributed by atoms with Crippen LogP contribution in [0.25, 0.3) is 0 Å². The van der Waals surface area contributed by atoms with Gasteiger partial charge in [0.1, 0.15) is 0 Å². The molecule has 1 aromatic rings. The Balaban J connectivity index is 3.13. The van der Waals surface area contributed by atoms with Crippen molar-refractivity contribution >= 4 is 33.5 Å². The minimum absolute atomic E-state index is 0.0941. The van der Waals surface area contributed by atoms with Gasteiger partial charge in [0.2, 0.25) is 0 Å². The Morgan fingerprint density at radius 1 is 1.65 bits per heavy atom. The van der Waals surface area contributed by atoms with E-state index in [2.05, 4.69) is 25.7 Å². The third-order valence-electron chi connectivity index (χ3n) is 2.04. The molecule has 0 atom stereocenters. The number of pyridine rings is 1. The number of alkyl halides is 3. The molecular weight excluding hydrogens is 319 g/mol. The summed E-state index contributed by atoms with van der Waals surface area (Å²) in [6, 6.07) is 1.26. The van der Waals surface area contributed by atoms with Gasteiger partial charge in [-0.25, -0.2) is 8.78 Å². The number of carbonyl (C=O) groups is 1. The van der Waals surface area contributed by atoms with Gasteiger partial charge in [-0.15, -0.1) is 0 Å². The average molecular weight is 329 g/mol. The summed E-state index contributed by atoms with van der Waals surface area (Å²) in [6.07, 6.45) is -2.80. The molecule has 1 rings (SSSR count). The van der Waals surface area contributed by atoms with Gasteiger partial charge in [0, 0.05) is 5.33 Å². The van der Waals surface area contributed by atoms with Gasteiger partial charge in [0.15, 0.2) is 0 Å². The molecule has 17 heavy (non-hydrogen) atoms. The predicted octanol–water partition coefficient (Wildman–Crippen LogP) is 3.28. The lowest BCUT2D eigenvalue weighted by Crippen LogP contribution is -2.09. The first-order chi connectivity index (χ1) is 7.99. The lowest BCUT2D eigenvalue weighted by molar-refractivity contribution is -0.139. The summed E-state index contributed by atoms with van der Waals surface area (Å²) in [5.41, 5.74) is 0.129. The van der Waals surface area contributed by atoms with Crippen LogP contribution in [-0.4, -0.2) is 18.1 Å². The average Bonchev–Trinajstić information content (AvgIpc) is 2.27. The Bertz CT molecular complexity index is 429.